The fourth-order valence-electron chi connectivity index (χ4n) is 9.68. The molecule has 0 spiro atoms. The SMILES string of the molecule is CCC1[C@H](O)C[C@](O)([C@@H](C)[C@H](O)[C@H](C)[C@H]2OC(=O)/C=C/C=C/[C@H](C)[C@@H]([C@@H](C)[C@@H](O)[C@H](C)[C@@]3(O)C[C@@H](OC4CC(O)C(O)C(C)O4)[C@H](C)[C@@H](C)O3)OC(=O)/C=C/C=C/[C@@H]2C)O[C@@H]1C. The maximum absolute atomic E-state index is 13.3. The van der Waals surface area contributed by atoms with Gasteiger partial charge in [-0.3, -0.25) is 0 Å². The maximum Gasteiger partial charge on any atom is 0.331 e. The van der Waals surface area contributed by atoms with Crippen molar-refractivity contribution in [1.29, 1.82) is 0 Å². The Hall–Kier alpha value is -2.54. The van der Waals surface area contributed by atoms with E-state index in [2.05, 4.69) is 0 Å². The molecule has 4 heterocycles. The molecule has 4 aliphatic rings. The molecule has 62 heavy (non-hydrogen) atoms. The monoisotopic (exact) mass is 881 g/mol. The van der Waals surface area contributed by atoms with Gasteiger partial charge in [0.25, 0.3) is 0 Å². The lowest BCUT2D eigenvalue weighted by molar-refractivity contribution is -0.343. The van der Waals surface area contributed by atoms with Gasteiger partial charge in [-0.25, -0.2) is 9.59 Å². The normalized spacial score (nSPS) is 45.3. The minimum atomic E-state index is -1.86. The molecule has 15 heteroatoms. The predicted molar refractivity (Wildman–Crippen MR) is 228 cm³/mol. The number of ether oxygens (including phenoxy) is 6. The third-order valence-electron chi connectivity index (χ3n) is 14.3. The summed E-state index contributed by atoms with van der Waals surface area (Å²) in [6.07, 6.45) is 2.58. The molecule has 0 radical (unpaired) electrons. The van der Waals surface area contributed by atoms with Crippen LogP contribution in [0.15, 0.2) is 48.6 Å². The van der Waals surface area contributed by atoms with E-state index in [0.717, 1.165) is 0 Å². The van der Waals surface area contributed by atoms with Crippen LogP contribution in [0.4, 0.5) is 0 Å². The highest BCUT2D eigenvalue weighted by Crippen LogP contribution is 2.43. The first kappa shape index (κ1) is 52.1. The Morgan fingerprint density at radius 1 is 0.694 bits per heavy atom. The highest BCUT2D eigenvalue weighted by Gasteiger charge is 2.53. The van der Waals surface area contributed by atoms with E-state index in [1.807, 2.05) is 13.8 Å². The first-order valence-electron chi connectivity index (χ1n) is 22.6. The summed E-state index contributed by atoms with van der Waals surface area (Å²) >= 11 is 0. The van der Waals surface area contributed by atoms with Gasteiger partial charge in [-0.05, 0) is 27.2 Å². The van der Waals surface area contributed by atoms with Gasteiger partial charge in [0.15, 0.2) is 17.9 Å². The average molecular weight is 881 g/mol. The van der Waals surface area contributed by atoms with Crippen LogP contribution in [0.25, 0.3) is 0 Å². The van der Waals surface area contributed by atoms with Gasteiger partial charge in [0, 0.05) is 78.8 Å². The Morgan fingerprint density at radius 2 is 1.16 bits per heavy atom. The van der Waals surface area contributed by atoms with Crippen LogP contribution in [0.1, 0.15) is 102 Å². The van der Waals surface area contributed by atoms with Gasteiger partial charge in [0.05, 0.1) is 48.8 Å². The van der Waals surface area contributed by atoms with E-state index in [-0.39, 0.29) is 31.1 Å². The zero-order chi connectivity index (χ0) is 46.4. The number of allylic oxidation sites excluding steroid dienone is 4. The molecule has 22 atom stereocenters. The second-order valence-electron chi connectivity index (χ2n) is 18.8. The molecule has 0 amide bonds. The van der Waals surface area contributed by atoms with E-state index >= 15 is 0 Å². The van der Waals surface area contributed by atoms with Gasteiger partial charge in [-0.15, -0.1) is 0 Å². The smallest absolute Gasteiger partial charge is 0.331 e. The van der Waals surface area contributed by atoms with E-state index in [4.69, 9.17) is 28.4 Å². The van der Waals surface area contributed by atoms with Crippen molar-refractivity contribution in [2.24, 2.45) is 47.3 Å². The molecule has 0 aromatic carbocycles. The summed E-state index contributed by atoms with van der Waals surface area (Å²) in [6.45, 7) is 19.4. The Bertz CT molecular complexity index is 1560. The number of aliphatic hydroxyl groups is 7. The summed E-state index contributed by atoms with van der Waals surface area (Å²) in [5, 5.41) is 78.3. The molecule has 5 unspecified atom stereocenters. The molecule has 15 nitrogen and oxygen atoms in total. The van der Waals surface area contributed by atoms with Gasteiger partial charge in [0.1, 0.15) is 18.3 Å². The molecule has 4 rings (SSSR count). The van der Waals surface area contributed by atoms with Gasteiger partial charge in [0.2, 0.25) is 0 Å². The van der Waals surface area contributed by atoms with Crippen molar-refractivity contribution in [2.45, 2.75) is 187 Å². The second kappa shape index (κ2) is 22.1. The number of aliphatic hydroxyl groups excluding tert-OH is 5. The van der Waals surface area contributed by atoms with Crippen LogP contribution in [-0.2, 0) is 38.0 Å². The maximum atomic E-state index is 13.3. The van der Waals surface area contributed by atoms with Gasteiger partial charge in [-0.2, -0.15) is 0 Å². The van der Waals surface area contributed by atoms with Crippen LogP contribution in [-0.4, -0.2) is 133 Å². The lowest BCUT2D eigenvalue weighted by atomic mass is 9.76. The number of rotatable bonds is 11. The highest BCUT2D eigenvalue weighted by atomic mass is 16.7. The number of hydrogen-bond acceptors (Lipinski definition) is 15. The minimum Gasteiger partial charge on any atom is -0.458 e. The fourth-order valence-corrected chi connectivity index (χ4v) is 9.68. The lowest BCUT2D eigenvalue weighted by Crippen LogP contribution is -2.59. The van der Waals surface area contributed by atoms with E-state index in [1.54, 1.807) is 86.6 Å². The predicted octanol–water partition coefficient (Wildman–Crippen LogP) is 3.85. The summed E-state index contributed by atoms with van der Waals surface area (Å²) < 4.78 is 36.2. The molecule has 0 aromatic rings. The largest absolute Gasteiger partial charge is 0.458 e. The molecule has 0 aromatic heterocycles. The van der Waals surface area contributed by atoms with Crippen molar-refractivity contribution in [3.63, 3.8) is 0 Å². The first-order chi connectivity index (χ1) is 28.9. The van der Waals surface area contributed by atoms with Gasteiger partial charge < -0.3 is 64.2 Å². The standard InChI is InChI=1S/C47H76O15/c1-12-34-32(10)62-46(55,22-36(34)49)29(7)41(52)27(5)44-24(2)17-13-15-20-39(51)60-45(25(3)18-14-16-19-38(50)59-44)28(6)42(53)30(8)47(56)23-37(26(4)31(9)61-47)58-40-21-35(48)43(54)33(11)57-40/h13-20,24-37,40-45,48-49,52-56H,12,21-23H2,1-11H3/b17-13+,18-14+,19-16+,20-15+/t24-,25-,26+,27-,28-,29-,30-,31+,32+,33?,34?,35?,36+,37+,40?,41+,42+,43?,44-,45-,46+,47+/m0/s1. The van der Waals surface area contributed by atoms with Crippen molar-refractivity contribution in [3.8, 4) is 0 Å². The Labute approximate surface area is 367 Å². The first-order valence-corrected chi connectivity index (χ1v) is 22.6. The highest BCUT2D eigenvalue weighted by molar-refractivity contribution is 5.83. The molecule has 0 aliphatic carbocycles. The third-order valence-corrected chi connectivity index (χ3v) is 14.3. The number of hydrogen-bond donors (Lipinski definition) is 7. The van der Waals surface area contributed by atoms with Crippen molar-refractivity contribution in [1.82, 2.24) is 0 Å². The molecule has 4 aliphatic heterocycles. The van der Waals surface area contributed by atoms with Crippen LogP contribution >= 0.6 is 0 Å². The van der Waals surface area contributed by atoms with E-state index < -0.39 is 132 Å². The zero-order valence-corrected chi connectivity index (χ0v) is 38.4. The van der Waals surface area contributed by atoms with E-state index in [0.29, 0.717) is 6.42 Å². The van der Waals surface area contributed by atoms with Crippen molar-refractivity contribution >= 4 is 11.9 Å². The van der Waals surface area contributed by atoms with Crippen molar-refractivity contribution in [2.75, 3.05) is 0 Å². The fraction of sp³-hybridized carbons (Fsp3) is 0.787. The molecule has 0 bridgehead atoms. The number of esters is 2. The topological polar surface area (TPSA) is 231 Å². The summed E-state index contributed by atoms with van der Waals surface area (Å²) in [7, 11) is 0. The molecule has 354 valence electrons. The van der Waals surface area contributed by atoms with Crippen LogP contribution in [0.2, 0.25) is 0 Å². The van der Waals surface area contributed by atoms with Gasteiger partial charge >= 0.3 is 11.9 Å². The summed E-state index contributed by atoms with van der Waals surface area (Å²) in [4.78, 5) is 26.6. The molecule has 7 N–H and O–H groups in total. The van der Waals surface area contributed by atoms with Crippen molar-refractivity contribution in [3.05, 3.63) is 48.6 Å². The lowest BCUT2D eigenvalue weighted by Gasteiger charge is -2.49. The summed E-state index contributed by atoms with van der Waals surface area (Å²) in [6, 6.07) is 0. The van der Waals surface area contributed by atoms with Crippen LogP contribution in [0.5, 0.6) is 0 Å². The van der Waals surface area contributed by atoms with Gasteiger partial charge in [-0.1, -0.05) is 91.8 Å². The van der Waals surface area contributed by atoms with Crippen molar-refractivity contribution < 1.29 is 73.8 Å². The summed E-state index contributed by atoms with van der Waals surface area (Å²) in [5.41, 5.74) is 0. The number of carbonyl (C=O) groups excluding carboxylic acids is 2. The van der Waals surface area contributed by atoms with Crippen LogP contribution in [0, 0.1) is 47.3 Å². The Kier molecular flexibility index (Phi) is 18.6. The van der Waals surface area contributed by atoms with Crippen LogP contribution in [0.3, 0.4) is 0 Å². The molecular formula is C47H76O15. The molecule has 3 saturated heterocycles. The Balaban J connectivity index is 1.49. The second-order valence-corrected chi connectivity index (χ2v) is 18.8. The molecular weight excluding hydrogens is 805 g/mol. The molecule has 3 fully saturated rings. The Morgan fingerprint density at radius 3 is 1.61 bits per heavy atom. The number of cyclic esters (lactones) is 2. The zero-order valence-electron chi connectivity index (χ0n) is 38.4. The van der Waals surface area contributed by atoms with Crippen LogP contribution < -0.4 is 0 Å². The average Bonchev–Trinajstić information content (AvgIpc) is 3.20. The number of carbonyl (C=O) groups is 2. The minimum absolute atomic E-state index is 0.0261. The van der Waals surface area contributed by atoms with E-state index in [9.17, 15) is 45.3 Å². The third kappa shape index (κ3) is 12.4. The quantitative estimate of drug-likeness (QED) is 0.146. The molecule has 0 saturated carbocycles. The van der Waals surface area contributed by atoms with E-state index in [1.165, 1.54) is 24.3 Å². The summed E-state index contributed by atoms with van der Waals surface area (Å²) in [5.74, 6) is -9.54.